The van der Waals surface area contributed by atoms with Gasteiger partial charge in [-0.25, -0.2) is 4.68 Å². The molecule has 2 aliphatic rings. The van der Waals surface area contributed by atoms with E-state index in [4.69, 9.17) is 5.10 Å². The summed E-state index contributed by atoms with van der Waals surface area (Å²) < 4.78 is 2.11. The SMILES string of the molecule is Cc1ccc(-n2nc(C3CCCCN3C)c3c2NCC3)cc1. The highest BCUT2D eigenvalue weighted by Crippen LogP contribution is 2.37. The van der Waals surface area contributed by atoms with Crippen molar-refractivity contribution in [1.29, 1.82) is 0 Å². The van der Waals surface area contributed by atoms with E-state index in [2.05, 4.69) is 53.1 Å². The van der Waals surface area contributed by atoms with Gasteiger partial charge in [0.15, 0.2) is 0 Å². The Balaban J connectivity index is 1.78. The molecule has 0 saturated carbocycles. The number of aromatic nitrogens is 2. The highest BCUT2D eigenvalue weighted by molar-refractivity contribution is 5.57. The molecule has 1 aromatic heterocycles. The number of hydrogen-bond acceptors (Lipinski definition) is 3. The molecule has 0 radical (unpaired) electrons. The fraction of sp³-hybridized carbons (Fsp3) is 0.500. The fourth-order valence-corrected chi connectivity index (χ4v) is 3.76. The van der Waals surface area contributed by atoms with Crippen molar-refractivity contribution < 1.29 is 0 Å². The number of anilines is 1. The standard InChI is InChI=1S/C18H24N4/c1-13-6-8-14(9-7-13)22-18-15(10-11-19-18)17(20-22)16-5-3-4-12-21(16)2/h6-9,16,19H,3-5,10-12H2,1-2H3. The monoisotopic (exact) mass is 296 g/mol. The van der Waals surface area contributed by atoms with E-state index in [9.17, 15) is 0 Å². The van der Waals surface area contributed by atoms with Crippen LogP contribution in [0.5, 0.6) is 0 Å². The molecule has 3 heterocycles. The molecule has 22 heavy (non-hydrogen) atoms. The Morgan fingerprint density at radius 3 is 2.77 bits per heavy atom. The van der Waals surface area contributed by atoms with E-state index in [0.29, 0.717) is 6.04 Å². The lowest BCUT2D eigenvalue weighted by Crippen LogP contribution is -2.30. The Morgan fingerprint density at radius 2 is 2.00 bits per heavy atom. The van der Waals surface area contributed by atoms with Crippen LogP contribution in [0.25, 0.3) is 5.69 Å². The van der Waals surface area contributed by atoms with Crippen LogP contribution in [0.1, 0.15) is 42.1 Å². The molecule has 1 aromatic carbocycles. The third-order valence-electron chi connectivity index (χ3n) is 5.05. The third-order valence-corrected chi connectivity index (χ3v) is 5.05. The van der Waals surface area contributed by atoms with Gasteiger partial charge in [0.25, 0.3) is 0 Å². The summed E-state index contributed by atoms with van der Waals surface area (Å²) in [5, 5.41) is 8.56. The quantitative estimate of drug-likeness (QED) is 0.923. The second-order valence-electron chi connectivity index (χ2n) is 6.63. The number of nitrogens with zero attached hydrogens (tertiary/aromatic N) is 3. The molecule has 4 heteroatoms. The van der Waals surface area contributed by atoms with Crippen LogP contribution in [-0.4, -0.2) is 34.8 Å². The molecule has 0 spiro atoms. The molecular formula is C18H24N4. The molecule has 0 bridgehead atoms. The predicted octanol–water partition coefficient (Wildman–Crippen LogP) is 3.31. The molecule has 1 fully saturated rings. The number of benzene rings is 1. The summed E-state index contributed by atoms with van der Waals surface area (Å²) in [7, 11) is 2.24. The van der Waals surface area contributed by atoms with Crippen LogP contribution in [0.2, 0.25) is 0 Å². The van der Waals surface area contributed by atoms with Crippen LogP contribution in [0.15, 0.2) is 24.3 Å². The average molecular weight is 296 g/mol. The van der Waals surface area contributed by atoms with Crippen LogP contribution < -0.4 is 5.32 Å². The van der Waals surface area contributed by atoms with Gasteiger partial charge in [-0.1, -0.05) is 24.1 Å². The van der Waals surface area contributed by atoms with E-state index < -0.39 is 0 Å². The van der Waals surface area contributed by atoms with Crippen molar-refractivity contribution in [2.45, 2.75) is 38.6 Å². The van der Waals surface area contributed by atoms with Gasteiger partial charge < -0.3 is 5.32 Å². The lowest BCUT2D eigenvalue weighted by molar-refractivity contribution is 0.182. The smallest absolute Gasteiger partial charge is 0.133 e. The summed E-state index contributed by atoms with van der Waals surface area (Å²) in [4.78, 5) is 2.48. The van der Waals surface area contributed by atoms with E-state index in [-0.39, 0.29) is 0 Å². The van der Waals surface area contributed by atoms with Crippen molar-refractivity contribution >= 4 is 5.82 Å². The molecule has 116 valence electrons. The van der Waals surface area contributed by atoms with Gasteiger partial charge in [-0.15, -0.1) is 0 Å². The number of fused-ring (bicyclic) bond motifs is 1. The van der Waals surface area contributed by atoms with E-state index in [0.717, 1.165) is 18.7 Å². The second kappa shape index (κ2) is 5.43. The van der Waals surface area contributed by atoms with Crippen molar-refractivity contribution in [3.63, 3.8) is 0 Å². The predicted molar refractivity (Wildman–Crippen MR) is 89.7 cm³/mol. The van der Waals surface area contributed by atoms with Gasteiger partial charge in [-0.2, -0.15) is 5.10 Å². The maximum Gasteiger partial charge on any atom is 0.133 e. The number of likely N-dealkylation sites (tertiary alicyclic amines) is 1. The highest BCUT2D eigenvalue weighted by Gasteiger charge is 2.31. The van der Waals surface area contributed by atoms with Gasteiger partial charge in [0.1, 0.15) is 5.82 Å². The second-order valence-corrected chi connectivity index (χ2v) is 6.63. The minimum atomic E-state index is 0.481. The number of nitrogens with one attached hydrogen (secondary N) is 1. The maximum absolute atomic E-state index is 5.02. The van der Waals surface area contributed by atoms with Crippen LogP contribution in [0.4, 0.5) is 5.82 Å². The van der Waals surface area contributed by atoms with Gasteiger partial charge >= 0.3 is 0 Å². The zero-order valence-corrected chi connectivity index (χ0v) is 13.5. The Morgan fingerprint density at radius 1 is 1.18 bits per heavy atom. The van der Waals surface area contributed by atoms with Crippen LogP contribution in [0.3, 0.4) is 0 Å². The van der Waals surface area contributed by atoms with Crippen molar-refractivity contribution in [3.05, 3.63) is 41.1 Å². The van der Waals surface area contributed by atoms with Crippen molar-refractivity contribution in [2.24, 2.45) is 0 Å². The van der Waals surface area contributed by atoms with E-state index in [1.54, 1.807) is 0 Å². The Kier molecular flexibility index (Phi) is 3.41. The Labute approximate surface area is 132 Å². The Hall–Kier alpha value is -1.81. The molecule has 4 nitrogen and oxygen atoms in total. The van der Waals surface area contributed by atoms with Crippen LogP contribution in [0, 0.1) is 6.92 Å². The lowest BCUT2D eigenvalue weighted by atomic mass is 9.97. The lowest BCUT2D eigenvalue weighted by Gasteiger charge is -2.31. The molecule has 1 N–H and O–H groups in total. The van der Waals surface area contributed by atoms with E-state index >= 15 is 0 Å². The topological polar surface area (TPSA) is 33.1 Å². The maximum atomic E-state index is 5.02. The number of aryl methyl sites for hydroxylation is 1. The normalized spacial score (nSPS) is 21.6. The van der Waals surface area contributed by atoms with E-state index in [1.807, 2.05) is 0 Å². The van der Waals surface area contributed by atoms with Crippen molar-refractivity contribution in [3.8, 4) is 5.69 Å². The molecule has 1 saturated heterocycles. The number of hydrogen-bond donors (Lipinski definition) is 1. The highest BCUT2D eigenvalue weighted by atomic mass is 15.4. The summed E-state index contributed by atoms with van der Waals surface area (Å²) in [5.41, 5.74) is 5.16. The van der Waals surface area contributed by atoms with Gasteiger partial charge in [-0.05, 0) is 51.9 Å². The van der Waals surface area contributed by atoms with Crippen molar-refractivity contribution in [1.82, 2.24) is 14.7 Å². The van der Waals surface area contributed by atoms with Gasteiger partial charge in [0.2, 0.25) is 0 Å². The van der Waals surface area contributed by atoms with Gasteiger partial charge in [-0.3, -0.25) is 4.90 Å². The first-order valence-electron chi connectivity index (χ1n) is 8.37. The zero-order valence-electron chi connectivity index (χ0n) is 13.5. The zero-order chi connectivity index (χ0) is 15.1. The number of piperidine rings is 1. The Bertz CT molecular complexity index is 671. The summed E-state index contributed by atoms with van der Waals surface area (Å²) in [6, 6.07) is 9.12. The molecular weight excluding hydrogens is 272 g/mol. The molecule has 2 aliphatic heterocycles. The molecule has 4 rings (SSSR count). The van der Waals surface area contributed by atoms with Crippen LogP contribution in [-0.2, 0) is 6.42 Å². The minimum absolute atomic E-state index is 0.481. The summed E-state index contributed by atoms with van der Waals surface area (Å²) >= 11 is 0. The summed E-state index contributed by atoms with van der Waals surface area (Å²) in [6.07, 6.45) is 4.95. The summed E-state index contributed by atoms with van der Waals surface area (Å²) in [6.45, 7) is 4.34. The van der Waals surface area contributed by atoms with Crippen LogP contribution >= 0.6 is 0 Å². The molecule has 2 aromatic rings. The number of rotatable bonds is 2. The fourth-order valence-electron chi connectivity index (χ4n) is 3.76. The first kappa shape index (κ1) is 13.8. The molecule has 1 unspecified atom stereocenters. The first-order chi connectivity index (χ1) is 10.7. The van der Waals surface area contributed by atoms with E-state index in [1.165, 1.54) is 48.4 Å². The molecule has 1 atom stereocenters. The summed E-state index contributed by atoms with van der Waals surface area (Å²) in [5.74, 6) is 1.21. The third kappa shape index (κ3) is 2.22. The molecule has 0 aliphatic carbocycles. The average Bonchev–Trinajstić information content (AvgIpc) is 3.11. The van der Waals surface area contributed by atoms with Gasteiger partial charge in [0, 0.05) is 12.1 Å². The largest absolute Gasteiger partial charge is 0.369 e. The minimum Gasteiger partial charge on any atom is -0.369 e. The van der Waals surface area contributed by atoms with Gasteiger partial charge in [0.05, 0.1) is 17.4 Å². The first-order valence-corrected chi connectivity index (χ1v) is 8.37. The van der Waals surface area contributed by atoms with Crippen molar-refractivity contribution in [2.75, 3.05) is 25.5 Å². The molecule has 0 amide bonds.